The van der Waals surface area contributed by atoms with Gasteiger partial charge in [0.25, 0.3) is 5.91 Å². The van der Waals surface area contributed by atoms with Crippen molar-refractivity contribution in [2.24, 2.45) is 0 Å². The first kappa shape index (κ1) is 17.6. The van der Waals surface area contributed by atoms with Crippen LogP contribution in [0.1, 0.15) is 22.5 Å². The molecular formula is C20H22N4O2S. The maximum atomic E-state index is 12.3. The summed E-state index contributed by atoms with van der Waals surface area (Å²) in [7, 11) is 1.66. The molecule has 0 bridgehead atoms. The number of aromatic nitrogens is 2. The van der Waals surface area contributed by atoms with Crippen LogP contribution in [0, 0.1) is 0 Å². The van der Waals surface area contributed by atoms with Crippen molar-refractivity contribution in [2.45, 2.75) is 18.9 Å². The van der Waals surface area contributed by atoms with Crippen LogP contribution in [0.4, 0.5) is 5.82 Å². The van der Waals surface area contributed by atoms with Gasteiger partial charge in [0.2, 0.25) is 0 Å². The maximum absolute atomic E-state index is 12.3. The molecule has 1 saturated heterocycles. The quantitative estimate of drug-likeness (QED) is 0.708. The first-order chi connectivity index (χ1) is 13.2. The SMILES string of the molecule is COc1ccc(-c2cc(N3CCC[C@H](NC(=O)c4cccs4)C3)n[nH]2)cc1. The number of amides is 1. The number of methoxy groups -OCH3 is 1. The Balaban J connectivity index is 1.42. The van der Waals surface area contributed by atoms with Crippen molar-refractivity contribution in [1.29, 1.82) is 0 Å². The summed E-state index contributed by atoms with van der Waals surface area (Å²) in [5.41, 5.74) is 2.03. The van der Waals surface area contributed by atoms with E-state index in [9.17, 15) is 4.79 Å². The number of piperidine rings is 1. The van der Waals surface area contributed by atoms with E-state index in [-0.39, 0.29) is 11.9 Å². The molecule has 0 unspecified atom stereocenters. The summed E-state index contributed by atoms with van der Waals surface area (Å²) in [6.45, 7) is 1.71. The van der Waals surface area contributed by atoms with Crippen molar-refractivity contribution >= 4 is 23.1 Å². The Morgan fingerprint density at radius 3 is 2.93 bits per heavy atom. The van der Waals surface area contributed by atoms with Crippen LogP contribution in [-0.4, -0.2) is 42.3 Å². The summed E-state index contributed by atoms with van der Waals surface area (Å²) in [4.78, 5) is 15.3. The number of anilines is 1. The van der Waals surface area contributed by atoms with Gasteiger partial charge in [-0.15, -0.1) is 11.3 Å². The molecule has 140 valence electrons. The van der Waals surface area contributed by atoms with Crippen molar-refractivity contribution in [2.75, 3.05) is 25.1 Å². The Bertz CT molecular complexity index is 889. The Morgan fingerprint density at radius 2 is 2.19 bits per heavy atom. The molecule has 6 nitrogen and oxygen atoms in total. The lowest BCUT2D eigenvalue weighted by molar-refractivity contribution is 0.0937. The fourth-order valence-corrected chi connectivity index (χ4v) is 3.99. The topological polar surface area (TPSA) is 70.2 Å². The normalized spacial score (nSPS) is 16.9. The first-order valence-electron chi connectivity index (χ1n) is 9.02. The second-order valence-electron chi connectivity index (χ2n) is 6.60. The number of nitrogens with zero attached hydrogens (tertiary/aromatic N) is 2. The van der Waals surface area contributed by atoms with Crippen molar-refractivity contribution in [3.05, 3.63) is 52.7 Å². The van der Waals surface area contributed by atoms with E-state index in [0.717, 1.165) is 53.6 Å². The lowest BCUT2D eigenvalue weighted by atomic mass is 10.1. The van der Waals surface area contributed by atoms with E-state index < -0.39 is 0 Å². The number of carbonyl (C=O) groups is 1. The Hall–Kier alpha value is -2.80. The maximum Gasteiger partial charge on any atom is 0.261 e. The monoisotopic (exact) mass is 382 g/mol. The number of H-pyrrole nitrogens is 1. The van der Waals surface area contributed by atoms with Gasteiger partial charge in [-0.05, 0) is 54.1 Å². The van der Waals surface area contributed by atoms with Gasteiger partial charge in [0.15, 0.2) is 5.82 Å². The summed E-state index contributed by atoms with van der Waals surface area (Å²) in [6, 6.07) is 13.8. The predicted molar refractivity (Wildman–Crippen MR) is 108 cm³/mol. The van der Waals surface area contributed by atoms with Gasteiger partial charge < -0.3 is 15.0 Å². The third kappa shape index (κ3) is 3.98. The lowest BCUT2D eigenvalue weighted by Gasteiger charge is -2.33. The second kappa shape index (κ2) is 7.84. The standard InChI is InChI=1S/C20H22N4O2S/c1-26-16-8-6-14(7-9-16)17-12-19(23-22-17)24-10-2-4-15(13-24)21-20(25)18-5-3-11-27-18/h3,5-9,11-12,15H,2,4,10,13H2,1H3,(H,21,25)(H,22,23)/t15-/m0/s1. The number of benzene rings is 1. The molecule has 1 fully saturated rings. The van der Waals surface area contributed by atoms with Crippen LogP contribution in [0.2, 0.25) is 0 Å². The van der Waals surface area contributed by atoms with Gasteiger partial charge in [0.05, 0.1) is 17.7 Å². The van der Waals surface area contributed by atoms with Crippen molar-refractivity contribution in [3.8, 4) is 17.0 Å². The summed E-state index contributed by atoms with van der Waals surface area (Å²) < 4.78 is 5.21. The number of ether oxygens (including phenoxy) is 1. The highest BCUT2D eigenvalue weighted by Gasteiger charge is 2.24. The summed E-state index contributed by atoms with van der Waals surface area (Å²) in [5, 5.41) is 12.7. The highest BCUT2D eigenvalue weighted by Crippen LogP contribution is 2.25. The van der Waals surface area contributed by atoms with Crippen LogP contribution in [-0.2, 0) is 0 Å². The van der Waals surface area contributed by atoms with Gasteiger partial charge in [0.1, 0.15) is 5.75 Å². The molecule has 7 heteroatoms. The Kier molecular flexibility index (Phi) is 5.11. The highest BCUT2D eigenvalue weighted by molar-refractivity contribution is 7.12. The van der Waals surface area contributed by atoms with Crippen molar-refractivity contribution in [1.82, 2.24) is 15.5 Å². The molecule has 27 heavy (non-hydrogen) atoms. The molecule has 2 N–H and O–H groups in total. The molecule has 1 atom stereocenters. The fraction of sp³-hybridized carbons (Fsp3) is 0.300. The molecule has 0 spiro atoms. The van der Waals surface area contributed by atoms with Gasteiger partial charge in [-0.2, -0.15) is 5.10 Å². The zero-order valence-electron chi connectivity index (χ0n) is 15.1. The number of rotatable bonds is 5. The first-order valence-corrected chi connectivity index (χ1v) is 9.90. The van der Waals surface area contributed by atoms with Gasteiger partial charge in [-0.3, -0.25) is 9.89 Å². The van der Waals surface area contributed by atoms with E-state index in [2.05, 4.69) is 26.5 Å². The predicted octanol–water partition coefficient (Wildman–Crippen LogP) is 3.55. The van der Waals surface area contributed by atoms with Crippen LogP contribution >= 0.6 is 11.3 Å². The fourth-order valence-electron chi connectivity index (χ4n) is 3.36. The smallest absolute Gasteiger partial charge is 0.261 e. The molecule has 0 aliphatic carbocycles. The Morgan fingerprint density at radius 1 is 1.33 bits per heavy atom. The second-order valence-corrected chi connectivity index (χ2v) is 7.55. The molecular weight excluding hydrogens is 360 g/mol. The van der Waals surface area contributed by atoms with E-state index >= 15 is 0 Å². The van der Waals surface area contributed by atoms with E-state index in [1.54, 1.807) is 7.11 Å². The van der Waals surface area contributed by atoms with Crippen molar-refractivity contribution < 1.29 is 9.53 Å². The third-order valence-corrected chi connectivity index (χ3v) is 5.66. The number of aromatic amines is 1. The number of thiophene rings is 1. The summed E-state index contributed by atoms with van der Waals surface area (Å²) in [6.07, 6.45) is 2.02. The van der Waals surface area contributed by atoms with Gasteiger partial charge >= 0.3 is 0 Å². The van der Waals surface area contributed by atoms with Crippen LogP contribution in [0.25, 0.3) is 11.3 Å². The summed E-state index contributed by atoms with van der Waals surface area (Å²) in [5.74, 6) is 1.76. The average Bonchev–Trinajstić information content (AvgIpc) is 3.40. The van der Waals surface area contributed by atoms with E-state index in [1.165, 1.54) is 11.3 Å². The zero-order chi connectivity index (χ0) is 18.6. The molecule has 1 aromatic carbocycles. The minimum atomic E-state index is 0.0119. The largest absolute Gasteiger partial charge is 0.497 e. The van der Waals surface area contributed by atoms with E-state index in [0.29, 0.717) is 0 Å². The number of nitrogens with one attached hydrogen (secondary N) is 2. The number of hydrogen-bond donors (Lipinski definition) is 2. The number of carbonyl (C=O) groups excluding carboxylic acids is 1. The third-order valence-electron chi connectivity index (χ3n) is 4.79. The number of hydrogen-bond acceptors (Lipinski definition) is 5. The minimum absolute atomic E-state index is 0.0119. The van der Waals surface area contributed by atoms with Crippen molar-refractivity contribution in [3.63, 3.8) is 0 Å². The van der Waals surface area contributed by atoms with E-state index in [1.807, 2.05) is 41.8 Å². The average molecular weight is 382 g/mol. The molecule has 1 aliphatic rings. The van der Waals surface area contributed by atoms with Crippen LogP contribution in [0.5, 0.6) is 5.75 Å². The molecule has 1 aliphatic heterocycles. The molecule has 4 rings (SSSR count). The van der Waals surface area contributed by atoms with Gasteiger partial charge in [-0.25, -0.2) is 0 Å². The molecule has 3 heterocycles. The lowest BCUT2D eigenvalue weighted by Crippen LogP contribution is -2.47. The molecule has 3 aromatic rings. The van der Waals surface area contributed by atoms with E-state index in [4.69, 9.17) is 4.74 Å². The summed E-state index contributed by atoms with van der Waals surface area (Å²) >= 11 is 1.47. The molecule has 0 radical (unpaired) electrons. The Labute approximate surface area is 162 Å². The zero-order valence-corrected chi connectivity index (χ0v) is 16.0. The molecule has 0 saturated carbocycles. The van der Waals surface area contributed by atoms with Crippen LogP contribution in [0.3, 0.4) is 0 Å². The van der Waals surface area contributed by atoms with Gasteiger partial charge in [-0.1, -0.05) is 6.07 Å². The van der Waals surface area contributed by atoms with Crippen LogP contribution < -0.4 is 15.0 Å². The highest BCUT2D eigenvalue weighted by atomic mass is 32.1. The molecule has 1 amide bonds. The molecule has 2 aromatic heterocycles. The van der Waals surface area contributed by atoms with Crippen LogP contribution in [0.15, 0.2) is 47.8 Å². The minimum Gasteiger partial charge on any atom is -0.497 e. The van der Waals surface area contributed by atoms with Gasteiger partial charge in [0, 0.05) is 25.2 Å².